The maximum absolute atomic E-state index is 6.74. The van der Waals surface area contributed by atoms with Crippen molar-refractivity contribution >= 4 is 18.7 Å². The highest BCUT2D eigenvalue weighted by molar-refractivity contribution is 6.99. The van der Waals surface area contributed by atoms with E-state index in [4.69, 9.17) is 10.2 Å². The van der Waals surface area contributed by atoms with Crippen LogP contribution in [0.3, 0.4) is 0 Å². The van der Waals surface area contributed by atoms with Gasteiger partial charge in [0.2, 0.25) is 0 Å². The van der Waals surface area contributed by atoms with Crippen molar-refractivity contribution in [3.05, 3.63) is 60.7 Å². The van der Waals surface area contributed by atoms with E-state index in [1.807, 2.05) is 0 Å². The average molecular weight is 314 g/mol. The monoisotopic (exact) mass is 313 g/mol. The molecule has 118 valence electrons. The Morgan fingerprint density at radius 1 is 0.909 bits per heavy atom. The third kappa shape index (κ3) is 3.17. The van der Waals surface area contributed by atoms with Crippen LogP contribution in [0.25, 0.3) is 0 Å². The molecule has 0 bridgehead atoms. The van der Waals surface area contributed by atoms with Gasteiger partial charge < -0.3 is 10.2 Å². The van der Waals surface area contributed by atoms with E-state index in [0.29, 0.717) is 6.54 Å². The second-order valence-corrected chi connectivity index (χ2v) is 11.1. The van der Waals surface area contributed by atoms with E-state index in [-0.39, 0.29) is 11.1 Å². The maximum Gasteiger partial charge on any atom is 0.261 e. The van der Waals surface area contributed by atoms with Gasteiger partial charge in [0.1, 0.15) is 0 Å². The van der Waals surface area contributed by atoms with E-state index >= 15 is 0 Å². The van der Waals surface area contributed by atoms with Gasteiger partial charge in [-0.25, -0.2) is 0 Å². The lowest BCUT2D eigenvalue weighted by Gasteiger charge is -2.44. The van der Waals surface area contributed by atoms with Crippen LogP contribution in [0.2, 0.25) is 5.04 Å². The predicted octanol–water partition coefficient (Wildman–Crippen LogP) is 2.91. The van der Waals surface area contributed by atoms with Gasteiger partial charge in [0.15, 0.2) is 0 Å². The Morgan fingerprint density at radius 2 is 1.32 bits per heavy atom. The maximum atomic E-state index is 6.74. The molecule has 0 saturated heterocycles. The Kier molecular flexibility index (Phi) is 5.22. The summed E-state index contributed by atoms with van der Waals surface area (Å²) in [5.41, 5.74) is 5.88. The number of benzene rings is 2. The van der Waals surface area contributed by atoms with Crippen molar-refractivity contribution in [1.29, 1.82) is 0 Å². The van der Waals surface area contributed by atoms with Crippen LogP contribution in [0.5, 0.6) is 0 Å². The van der Waals surface area contributed by atoms with E-state index in [9.17, 15) is 0 Å². The first-order chi connectivity index (χ1) is 10.4. The third-order valence-electron chi connectivity index (χ3n) is 4.13. The molecule has 0 unspecified atom stereocenters. The van der Waals surface area contributed by atoms with Gasteiger partial charge in [-0.2, -0.15) is 0 Å². The quantitative estimate of drug-likeness (QED) is 0.862. The SMILES string of the molecule is C[C@H](CN)O[Si](c1ccccc1)(c1ccccc1)C(C)(C)C. The molecule has 2 rings (SSSR count). The van der Waals surface area contributed by atoms with E-state index in [1.165, 1.54) is 10.4 Å². The summed E-state index contributed by atoms with van der Waals surface area (Å²) in [6.45, 7) is 9.44. The van der Waals surface area contributed by atoms with Crippen LogP contribution in [0.4, 0.5) is 0 Å². The Morgan fingerprint density at radius 3 is 1.64 bits per heavy atom. The largest absolute Gasteiger partial charge is 0.403 e. The molecule has 1 atom stereocenters. The van der Waals surface area contributed by atoms with Crippen LogP contribution < -0.4 is 16.1 Å². The molecule has 2 aromatic rings. The van der Waals surface area contributed by atoms with Crippen molar-refractivity contribution in [3.8, 4) is 0 Å². The smallest absolute Gasteiger partial charge is 0.261 e. The van der Waals surface area contributed by atoms with E-state index in [1.54, 1.807) is 0 Å². The van der Waals surface area contributed by atoms with Gasteiger partial charge in [0.05, 0.1) is 6.10 Å². The lowest BCUT2D eigenvalue weighted by Crippen LogP contribution is -2.67. The molecular weight excluding hydrogens is 286 g/mol. The first kappa shape index (κ1) is 16.9. The number of rotatable bonds is 5. The Hall–Kier alpha value is -1.42. The molecule has 0 saturated carbocycles. The minimum atomic E-state index is -2.41. The zero-order chi connectivity index (χ0) is 16.2. The van der Waals surface area contributed by atoms with Gasteiger partial charge in [-0.3, -0.25) is 0 Å². The molecule has 22 heavy (non-hydrogen) atoms. The molecule has 0 aliphatic carbocycles. The highest BCUT2D eigenvalue weighted by Gasteiger charge is 2.50. The van der Waals surface area contributed by atoms with Crippen LogP contribution in [-0.2, 0) is 4.43 Å². The zero-order valence-electron chi connectivity index (χ0n) is 14.0. The van der Waals surface area contributed by atoms with Crippen LogP contribution >= 0.6 is 0 Å². The second-order valence-electron chi connectivity index (χ2n) is 6.83. The van der Waals surface area contributed by atoms with E-state index < -0.39 is 8.32 Å². The minimum Gasteiger partial charge on any atom is -0.403 e. The Labute approximate surface area is 135 Å². The summed E-state index contributed by atoms with van der Waals surface area (Å²) in [5, 5.41) is 2.61. The van der Waals surface area contributed by atoms with Crippen LogP contribution in [0.15, 0.2) is 60.7 Å². The number of hydrogen-bond donors (Lipinski definition) is 1. The fourth-order valence-electron chi connectivity index (χ4n) is 3.04. The van der Waals surface area contributed by atoms with Crippen molar-refractivity contribution in [1.82, 2.24) is 0 Å². The Balaban J connectivity index is 2.70. The second kappa shape index (κ2) is 6.78. The van der Waals surface area contributed by atoms with Gasteiger partial charge in [0.25, 0.3) is 8.32 Å². The lowest BCUT2D eigenvalue weighted by atomic mass is 10.2. The van der Waals surface area contributed by atoms with Crippen LogP contribution in [-0.4, -0.2) is 21.0 Å². The molecule has 0 radical (unpaired) electrons. The topological polar surface area (TPSA) is 35.2 Å². The lowest BCUT2D eigenvalue weighted by molar-refractivity contribution is 0.214. The molecule has 0 aliphatic heterocycles. The third-order valence-corrected chi connectivity index (χ3v) is 9.29. The highest BCUT2D eigenvalue weighted by Crippen LogP contribution is 2.37. The van der Waals surface area contributed by atoms with Gasteiger partial charge in [-0.15, -0.1) is 0 Å². The first-order valence-corrected chi connectivity index (χ1v) is 9.81. The van der Waals surface area contributed by atoms with Crippen molar-refractivity contribution < 1.29 is 4.43 Å². The van der Waals surface area contributed by atoms with Crippen LogP contribution in [0, 0.1) is 0 Å². The van der Waals surface area contributed by atoms with E-state index in [0.717, 1.165) is 0 Å². The van der Waals surface area contributed by atoms with Crippen molar-refractivity contribution in [2.45, 2.75) is 38.8 Å². The van der Waals surface area contributed by atoms with Gasteiger partial charge in [-0.05, 0) is 22.3 Å². The molecule has 2 nitrogen and oxygen atoms in total. The Bertz CT molecular complexity index is 538. The van der Waals surface area contributed by atoms with Gasteiger partial charge >= 0.3 is 0 Å². The number of hydrogen-bond acceptors (Lipinski definition) is 2. The molecule has 0 spiro atoms. The van der Waals surface area contributed by atoms with Crippen molar-refractivity contribution in [2.75, 3.05) is 6.54 Å². The fraction of sp³-hybridized carbons (Fsp3) is 0.368. The summed E-state index contributed by atoms with van der Waals surface area (Å²) in [4.78, 5) is 0. The minimum absolute atomic E-state index is 0.0130. The van der Waals surface area contributed by atoms with Gasteiger partial charge in [-0.1, -0.05) is 81.4 Å². The standard InChI is InChI=1S/C19H27NOSi/c1-16(15-20)21-22(19(2,3)4,17-11-7-5-8-12-17)18-13-9-6-10-14-18/h5-14,16H,15,20H2,1-4H3/t16-/m1/s1. The molecular formula is C19H27NOSi. The number of nitrogens with two attached hydrogens (primary N) is 1. The van der Waals surface area contributed by atoms with E-state index in [2.05, 4.69) is 88.4 Å². The summed E-state index contributed by atoms with van der Waals surface area (Å²) in [7, 11) is -2.41. The highest BCUT2D eigenvalue weighted by atomic mass is 28.4. The summed E-state index contributed by atoms with van der Waals surface area (Å²) in [6, 6.07) is 21.3. The molecule has 0 aliphatic rings. The van der Waals surface area contributed by atoms with Crippen LogP contribution in [0.1, 0.15) is 27.7 Å². The summed E-state index contributed by atoms with van der Waals surface area (Å²) in [6.07, 6.45) is 0.0336. The summed E-state index contributed by atoms with van der Waals surface area (Å²) in [5.74, 6) is 0. The molecule has 3 heteroatoms. The molecule has 0 aromatic heterocycles. The molecule has 0 heterocycles. The molecule has 0 amide bonds. The average Bonchev–Trinajstić information content (AvgIpc) is 2.52. The molecule has 0 fully saturated rings. The fourth-order valence-corrected chi connectivity index (χ4v) is 7.76. The zero-order valence-corrected chi connectivity index (χ0v) is 15.0. The first-order valence-electron chi connectivity index (χ1n) is 7.91. The molecule has 2 aromatic carbocycles. The summed E-state index contributed by atoms with van der Waals surface area (Å²) >= 11 is 0. The predicted molar refractivity (Wildman–Crippen MR) is 97.2 cm³/mol. The normalized spacial score (nSPS) is 13.9. The van der Waals surface area contributed by atoms with Gasteiger partial charge in [0, 0.05) is 6.54 Å². The summed E-state index contributed by atoms with van der Waals surface area (Å²) < 4.78 is 6.74. The van der Waals surface area contributed by atoms with Crippen molar-refractivity contribution in [3.63, 3.8) is 0 Å². The van der Waals surface area contributed by atoms with Crippen molar-refractivity contribution in [2.24, 2.45) is 5.73 Å². The molecule has 2 N–H and O–H groups in total.